The van der Waals surface area contributed by atoms with E-state index in [1.54, 1.807) is 0 Å². The topological polar surface area (TPSA) is 58.6 Å². The molecule has 0 unspecified atom stereocenters. The molecule has 0 atom stereocenters. The number of fused-ring (bicyclic) bond motifs is 1. The maximum absolute atomic E-state index is 12.3. The third kappa shape index (κ3) is 4.77. The van der Waals surface area contributed by atoms with Gasteiger partial charge in [0.25, 0.3) is 0 Å². The minimum atomic E-state index is 0.0650. The van der Waals surface area contributed by atoms with Gasteiger partial charge in [-0.25, -0.2) is 0 Å². The number of hydrogen-bond donors (Lipinski definition) is 1. The first-order valence-electron chi connectivity index (χ1n) is 9.95. The lowest BCUT2D eigenvalue weighted by Crippen LogP contribution is -2.38. The number of ether oxygens (including phenoxy) is 1. The molecule has 0 spiro atoms. The van der Waals surface area contributed by atoms with Gasteiger partial charge < -0.3 is 15.0 Å². The molecule has 1 fully saturated rings. The van der Waals surface area contributed by atoms with Crippen LogP contribution in [0.1, 0.15) is 63.4 Å². The van der Waals surface area contributed by atoms with Crippen molar-refractivity contribution < 1.29 is 14.3 Å². The Hall–Kier alpha value is -2.04. The molecule has 0 aromatic heterocycles. The van der Waals surface area contributed by atoms with E-state index in [1.807, 2.05) is 30.1 Å². The Labute approximate surface area is 156 Å². The monoisotopic (exact) mass is 358 g/mol. The molecule has 1 heterocycles. The van der Waals surface area contributed by atoms with E-state index >= 15 is 0 Å². The van der Waals surface area contributed by atoms with Crippen LogP contribution >= 0.6 is 0 Å². The molecule has 5 nitrogen and oxygen atoms in total. The molecule has 0 radical (unpaired) electrons. The van der Waals surface area contributed by atoms with Crippen molar-refractivity contribution >= 4 is 17.5 Å². The summed E-state index contributed by atoms with van der Waals surface area (Å²) in [6, 6.07) is 6.22. The molecular formula is C21H30N2O3. The van der Waals surface area contributed by atoms with Gasteiger partial charge in [-0.3, -0.25) is 9.59 Å². The second-order valence-corrected chi connectivity index (χ2v) is 7.43. The van der Waals surface area contributed by atoms with Gasteiger partial charge in [-0.1, -0.05) is 25.3 Å². The van der Waals surface area contributed by atoms with Crippen LogP contribution in [0, 0.1) is 0 Å². The molecule has 0 bridgehead atoms. The quantitative estimate of drug-likeness (QED) is 0.752. The molecule has 2 amide bonds. The number of amides is 2. The van der Waals surface area contributed by atoms with Gasteiger partial charge in [0, 0.05) is 37.2 Å². The maximum atomic E-state index is 12.3. The minimum Gasteiger partial charge on any atom is -0.493 e. The molecule has 0 saturated heterocycles. The normalized spacial score (nSPS) is 17.3. The second-order valence-electron chi connectivity index (χ2n) is 7.43. The summed E-state index contributed by atoms with van der Waals surface area (Å²) in [7, 11) is 1.96. The molecule has 5 heteroatoms. The van der Waals surface area contributed by atoms with Gasteiger partial charge in [-0.05, 0) is 44.2 Å². The summed E-state index contributed by atoms with van der Waals surface area (Å²) < 4.78 is 5.92. The van der Waals surface area contributed by atoms with Crippen molar-refractivity contribution in [3.05, 3.63) is 23.8 Å². The Morgan fingerprint density at radius 2 is 2.00 bits per heavy atom. The smallest absolute Gasteiger partial charge is 0.224 e. The molecular weight excluding hydrogens is 328 g/mol. The van der Waals surface area contributed by atoms with Crippen molar-refractivity contribution in [1.82, 2.24) is 4.90 Å². The van der Waals surface area contributed by atoms with E-state index in [-0.39, 0.29) is 11.8 Å². The SMILES string of the molecule is CN(C(=O)CCCCOc1cccc2c1CCC(=O)N2)C1CCCCC1. The second kappa shape index (κ2) is 9.06. The van der Waals surface area contributed by atoms with E-state index in [2.05, 4.69) is 5.32 Å². The average Bonchev–Trinajstić information content (AvgIpc) is 2.67. The number of hydrogen-bond acceptors (Lipinski definition) is 3. The van der Waals surface area contributed by atoms with Crippen LogP contribution in [-0.2, 0) is 16.0 Å². The molecule has 1 saturated carbocycles. The summed E-state index contributed by atoms with van der Waals surface area (Å²) in [5.41, 5.74) is 1.95. The molecule has 142 valence electrons. The van der Waals surface area contributed by atoms with Crippen LogP contribution in [0.2, 0.25) is 0 Å². The zero-order valence-electron chi connectivity index (χ0n) is 15.8. The van der Waals surface area contributed by atoms with Crippen LogP contribution < -0.4 is 10.1 Å². The van der Waals surface area contributed by atoms with Crippen molar-refractivity contribution in [1.29, 1.82) is 0 Å². The van der Waals surface area contributed by atoms with E-state index < -0.39 is 0 Å². The highest BCUT2D eigenvalue weighted by Crippen LogP contribution is 2.31. The number of carbonyl (C=O) groups excluding carboxylic acids is 2. The van der Waals surface area contributed by atoms with E-state index in [1.165, 1.54) is 19.3 Å². The zero-order valence-corrected chi connectivity index (χ0v) is 15.8. The first kappa shape index (κ1) is 18.7. The van der Waals surface area contributed by atoms with Gasteiger partial charge in [-0.2, -0.15) is 0 Å². The first-order valence-corrected chi connectivity index (χ1v) is 9.95. The van der Waals surface area contributed by atoms with Gasteiger partial charge in [0.2, 0.25) is 11.8 Å². The number of nitrogens with zero attached hydrogens (tertiary/aromatic N) is 1. The van der Waals surface area contributed by atoms with Crippen LogP contribution in [0.25, 0.3) is 0 Å². The van der Waals surface area contributed by atoms with Crippen LogP contribution in [0.15, 0.2) is 18.2 Å². The highest BCUT2D eigenvalue weighted by molar-refractivity contribution is 5.94. The van der Waals surface area contributed by atoms with Crippen LogP contribution in [0.5, 0.6) is 5.75 Å². The van der Waals surface area contributed by atoms with Gasteiger partial charge in [0.15, 0.2) is 0 Å². The van der Waals surface area contributed by atoms with Gasteiger partial charge in [-0.15, -0.1) is 0 Å². The average molecular weight is 358 g/mol. The van der Waals surface area contributed by atoms with Crippen molar-refractivity contribution in [2.45, 2.75) is 70.3 Å². The lowest BCUT2D eigenvalue weighted by Gasteiger charge is -2.31. The Morgan fingerprint density at radius 1 is 1.19 bits per heavy atom. The van der Waals surface area contributed by atoms with Gasteiger partial charge >= 0.3 is 0 Å². The highest BCUT2D eigenvalue weighted by atomic mass is 16.5. The summed E-state index contributed by atoms with van der Waals surface area (Å²) in [5, 5.41) is 2.89. The highest BCUT2D eigenvalue weighted by Gasteiger charge is 2.21. The Balaban J connectivity index is 1.39. The Morgan fingerprint density at radius 3 is 2.81 bits per heavy atom. The molecule has 2 aliphatic rings. The van der Waals surface area contributed by atoms with E-state index in [0.717, 1.165) is 49.1 Å². The standard InChI is InChI=1S/C21H30N2O3/c1-23(16-8-3-2-4-9-16)21(25)12-5-6-15-26-19-11-7-10-18-17(19)13-14-20(24)22-18/h7,10-11,16H,2-6,8-9,12-15H2,1H3,(H,22,24). The van der Waals surface area contributed by atoms with E-state index in [0.29, 0.717) is 25.5 Å². The van der Waals surface area contributed by atoms with Crippen molar-refractivity contribution in [2.24, 2.45) is 0 Å². The summed E-state index contributed by atoms with van der Waals surface area (Å²) in [5.74, 6) is 1.18. The predicted molar refractivity (Wildman–Crippen MR) is 102 cm³/mol. The lowest BCUT2D eigenvalue weighted by atomic mass is 9.94. The summed E-state index contributed by atoms with van der Waals surface area (Å²) >= 11 is 0. The van der Waals surface area contributed by atoms with Crippen molar-refractivity contribution in [2.75, 3.05) is 19.0 Å². The Bertz CT molecular complexity index is 638. The van der Waals surface area contributed by atoms with Gasteiger partial charge in [0.1, 0.15) is 5.75 Å². The lowest BCUT2D eigenvalue weighted by molar-refractivity contribution is -0.132. The summed E-state index contributed by atoms with van der Waals surface area (Å²) in [6.45, 7) is 0.602. The fourth-order valence-electron chi connectivity index (χ4n) is 3.94. The fraction of sp³-hybridized carbons (Fsp3) is 0.619. The third-order valence-electron chi connectivity index (χ3n) is 5.57. The number of benzene rings is 1. The largest absolute Gasteiger partial charge is 0.493 e. The molecule has 1 aliphatic heterocycles. The third-order valence-corrected chi connectivity index (χ3v) is 5.57. The molecule has 3 rings (SSSR count). The maximum Gasteiger partial charge on any atom is 0.224 e. The van der Waals surface area contributed by atoms with Crippen molar-refractivity contribution in [3.63, 3.8) is 0 Å². The predicted octanol–water partition coefficient (Wildman–Crippen LogP) is 3.91. The molecule has 1 aliphatic carbocycles. The molecule has 26 heavy (non-hydrogen) atoms. The molecule has 1 aromatic carbocycles. The van der Waals surface area contributed by atoms with Crippen molar-refractivity contribution in [3.8, 4) is 5.75 Å². The molecule has 1 aromatic rings. The summed E-state index contributed by atoms with van der Waals surface area (Å²) in [4.78, 5) is 25.8. The number of carbonyl (C=O) groups is 2. The number of unbranched alkanes of at least 4 members (excludes halogenated alkanes) is 1. The number of rotatable bonds is 7. The summed E-state index contributed by atoms with van der Waals surface area (Å²) in [6.07, 6.45) is 9.65. The van der Waals surface area contributed by atoms with Crippen LogP contribution in [0.4, 0.5) is 5.69 Å². The Kier molecular flexibility index (Phi) is 6.53. The number of nitrogens with one attached hydrogen (secondary N) is 1. The van der Waals surface area contributed by atoms with Gasteiger partial charge in [0.05, 0.1) is 6.61 Å². The van der Waals surface area contributed by atoms with E-state index in [4.69, 9.17) is 4.74 Å². The zero-order chi connectivity index (χ0) is 18.4. The fourth-order valence-corrected chi connectivity index (χ4v) is 3.94. The van der Waals surface area contributed by atoms with Crippen LogP contribution in [0.3, 0.4) is 0 Å². The minimum absolute atomic E-state index is 0.0650. The van der Waals surface area contributed by atoms with Crippen LogP contribution in [-0.4, -0.2) is 36.4 Å². The number of anilines is 1. The molecule has 1 N–H and O–H groups in total. The first-order chi connectivity index (χ1) is 12.6. The van der Waals surface area contributed by atoms with E-state index in [9.17, 15) is 9.59 Å².